The van der Waals surface area contributed by atoms with E-state index >= 15 is 0 Å². The second kappa shape index (κ2) is 5.07. The number of carbonyl (C=O) groups is 1. The van der Waals surface area contributed by atoms with E-state index in [0.717, 1.165) is 30.8 Å². The van der Waals surface area contributed by atoms with Crippen molar-refractivity contribution in [2.45, 2.75) is 13.3 Å². The molecule has 1 unspecified atom stereocenters. The quantitative estimate of drug-likeness (QED) is 0.876. The van der Waals surface area contributed by atoms with E-state index in [0.29, 0.717) is 5.02 Å². The van der Waals surface area contributed by atoms with Gasteiger partial charge < -0.3 is 10.2 Å². The zero-order valence-corrected chi connectivity index (χ0v) is 10.9. The van der Waals surface area contributed by atoms with E-state index in [4.69, 9.17) is 11.6 Å². The number of benzene rings is 1. The lowest BCUT2D eigenvalue weighted by Crippen LogP contribution is -2.33. The Kier molecular flexibility index (Phi) is 3.69. The molecule has 1 atom stereocenters. The van der Waals surface area contributed by atoms with Gasteiger partial charge in [0.05, 0.1) is 5.92 Å². The third kappa shape index (κ3) is 2.61. The van der Waals surface area contributed by atoms with Gasteiger partial charge in [0.25, 0.3) is 0 Å². The largest absolute Gasteiger partial charge is 0.316 e. The van der Waals surface area contributed by atoms with Crippen LogP contribution in [0.1, 0.15) is 12.0 Å². The molecular weight excluding hydrogens is 236 g/mol. The van der Waals surface area contributed by atoms with E-state index in [1.807, 2.05) is 32.2 Å². The van der Waals surface area contributed by atoms with Crippen LogP contribution in [0.3, 0.4) is 0 Å². The van der Waals surface area contributed by atoms with Crippen LogP contribution in [-0.4, -0.2) is 26.0 Å². The molecule has 0 spiro atoms. The van der Waals surface area contributed by atoms with Crippen LogP contribution in [0.2, 0.25) is 5.02 Å². The van der Waals surface area contributed by atoms with Gasteiger partial charge in [-0.25, -0.2) is 0 Å². The minimum atomic E-state index is 0.0973. The number of nitrogens with zero attached hydrogens (tertiary/aromatic N) is 1. The van der Waals surface area contributed by atoms with Crippen molar-refractivity contribution in [3.8, 4) is 0 Å². The molecule has 17 heavy (non-hydrogen) atoms. The summed E-state index contributed by atoms with van der Waals surface area (Å²) in [5.41, 5.74) is 1.89. The Bertz CT molecular complexity index is 427. The monoisotopic (exact) mass is 252 g/mol. The standard InChI is InChI=1S/C13H17ClN2O/c1-9-3-4-11(7-12(9)14)16(2)13(17)10-5-6-15-8-10/h3-4,7,10,15H,5-6,8H2,1-2H3. The molecule has 2 rings (SSSR count). The Morgan fingerprint density at radius 3 is 2.88 bits per heavy atom. The van der Waals surface area contributed by atoms with E-state index in [2.05, 4.69) is 5.32 Å². The van der Waals surface area contributed by atoms with Crippen molar-refractivity contribution in [3.05, 3.63) is 28.8 Å². The fourth-order valence-electron chi connectivity index (χ4n) is 2.06. The van der Waals surface area contributed by atoms with Gasteiger partial charge in [0.2, 0.25) is 5.91 Å². The highest BCUT2D eigenvalue weighted by atomic mass is 35.5. The summed E-state index contributed by atoms with van der Waals surface area (Å²) >= 11 is 6.07. The number of carbonyl (C=O) groups excluding carboxylic acids is 1. The number of nitrogens with one attached hydrogen (secondary N) is 1. The van der Waals surface area contributed by atoms with Crippen molar-refractivity contribution in [1.29, 1.82) is 0 Å². The lowest BCUT2D eigenvalue weighted by molar-refractivity contribution is -0.121. The highest BCUT2D eigenvalue weighted by molar-refractivity contribution is 6.31. The molecule has 0 saturated carbocycles. The van der Waals surface area contributed by atoms with Crippen molar-refractivity contribution in [1.82, 2.24) is 5.32 Å². The van der Waals surface area contributed by atoms with Crippen LogP contribution in [0, 0.1) is 12.8 Å². The van der Waals surface area contributed by atoms with Gasteiger partial charge in [-0.3, -0.25) is 4.79 Å². The fourth-order valence-corrected chi connectivity index (χ4v) is 2.23. The first-order chi connectivity index (χ1) is 8.09. The summed E-state index contributed by atoms with van der Waals surface area (Å²) in [6, 6.07) is 5.72. The molecule has 0 bridgehead atoms. The zero-order chi connectivity index (χ0) is 12.4. The van der Waals surface area contributed by atoms with Gasteiger partial charge in [-0.05, 0) is 37.6 Å². The smallest absolute Gasteiger partial charge is 0.231 e. The van der Waals surface area contributed by atoms with Crippen LogP contribution in [-0.2, 0) is 4.79 Å². The molecule has 1 aliphatic heterocycles. The number of anilines is 1. The Labute approximate surface area is 107 Å². The van der Waals surface area contributed by atoms with Crippen LogP contribution in [0.5, 0.6) is 0 Å². The number of rotatable bonds is 2. The van der Waals surface area contributed by atoms with Crippen molar-refractivity contribution in [2.75, 3.05) is 25.0 Å². The first-order valence-corrected chi connectivity index (χ1v) is 6.22. The molecule has 1 fully saturated rings. The minimum absolute atomic E-state index is 0.0973. The number of hydrogen-bond donors (Lipinski definition) is 1. The summed E-state index contributed by atoms with van der Waals surface area (Å²) in [4.78, 5) is 13.9. The van der Waals surface area contributed by atoms with E-state index < -0.39 is 0 Å². The predicted molar refractivity (Wildman–Crippen MR) is 70.6 cm³/mol. The summed E-state index contributed by atoms with van der Waals surface area (Å²) in [5.74, 6) is 0.259. The van der Waals surface area contributed by atoms with Gasteiger partial charge in [0, 0.05) is 24.3 Å². The molecular formula is C13H17ClN2O. The lowest BCUT2D eigenvalue weighted by atomic mass is 10.1. The predicted octanol–water partition coefficient (Wildman–Crippen LogP) is 2.22. The molecule has 0 aromatic heterocycles. The Morgan fingerprint density at radius 2 is 2.29 bits per heavy atom. The van der Waals surface area contributed by atoms with Gasteiger partial charge in [-0.2, -0.15) is 0 Å². The SMILES string of the molecule is Cc1ccc(N(C)C(=O)C2CCNC2)cc1Cl. The molecule has 92 valence electrons. The maximum Gasteiger partial charge on any atom is 0.231 e. The molecule has 0 aliphatic carbocycles. The van der Waals surface area contributed by atoms with Crippen molar-refractivity contribution < 1.29 is 4.79 Å². The summed E-state index contributed by atoms with van der Waals surface area (Å²) in [6.45, 7) is 3.66. The van der Waals surface area contributed by atoms with Gasteiger partial charge in [-0.15, -0.1) is 0 Å². The van der Waals surface area contributed by atoms with Gasteiger partial charge in [0.1, 0.15) is 0 Å². The van der Waals surface area contributed by atoms with Gasteiger partial charge in [-0.1, -0.05) is 17.7 Å². The van der Waals surface area contributed by atoms with Gasteiger partial charge in [0.15, 0.2) is 0 Å². The summed E-state index contributed by atoms with van der Waals surface area (Å²) < 4.78 is 0. The first-order valence-electron chi connectivity index (χ1n) is 5.84. The first kappa shape index (κ1) is 12.4. The van der Waals surface area contributed by atoms with E-state index in [1.165, 1.54) is 0 Å². The fraction of sp³-hybridized carbons (Fsp3) is 0.462. The van der Waals surface area contributed by atoms with E-state index in [1.54, 1.807) is 4.90 Å². The maximum absolute atomic E-state index is 12.2. The van der Waals surface area contributed by atoms with Crippen LogP contribution in [0.15, 0.2) is 18.2 Å². The average molecular weight is 253 g/mol. The van der Waals surface area contributed by atoms with Crippen molar-refractivity contribution >= 4 is 23.2 Å². The third-order valence-corrected chi connectivity index (χ3v) is 3.69. The van der Waals surface area contributed by atoms with Crippen molar-refractivity contribution in [3.63, 3.8) is 0 Å². The second-order valence-electron chi connectivity index (χ2n) is 4.52. The molecule has 1 amide bonds. The molecule has 1 aromatic carbocycles. The molecule has 1 saturated heterocycles. The van der Waals surface area contributed by atoms with Crippen LogP contribution >= 0.6 is 11.6 Å². The zero-order valence-electron chi connectivity index (χ0n) is 10.2. The highest BCUT2D eigenvalue weighted by Crippen LogP contribution is 2.24. The maximum atomic E-state index is 12.2. The molecule has 1 heterocycles. The molecule has 4 heteroatoms. The highest BCUT2D eigenvalue weighted by Gasteiger charge is 2.25. The van der Waals surface area contributed by atoms with Crippen LogP contribution in [0.25, 0.3) is 0 Å². The third-order valence-electron chi connectivity index (χ3n) is 3.28. The summed E-state index contributed by atoms with van der Waals surface area (Å²) in [5, 5.41) is 3.91. The summed E-state index contributed by atoms with van der Waals surface area (Å²) in [6.07, 6.45) is 0.919. The number of halogens is 1. The van der Waals surface area contributed by atoms with E-state index in [-0.39, 0.29) is 11.8 Å². The van der Waals surface area contributed by atoms with Crippen molar-refractivity contribution in [2.24, 2.45) is 5.92 Å². The molecule has 1 N–H and O–H groups in total. The number of aryl methyl sites for hydroxylation is 1. The summed E-state index contributed by atoms with van der Waals surface area (Å²) in [7, 11) is 1.81. The Morgan fingerprint density at radius 1 is 1.53 bits per heavy atom. The average Bonchev–Trinajstić information content (AvgIpc) is 2.84. The molecule has 1 aromatic rings. The van der Waals surface area contributed by atoms with Gasteiger partial charge >= 0.3 is 0 Å². The molecule has 1 aliphatic rings. The number of amides is 1. The van der Waals surface area contributed by atoms with Crippen LogP contribution in [0.4, 0.5) is 5.69 Å². The normalized spacial score (nSPS) is 19.4. The minimum Gasteiger partial charge on any atom is -0.316 e. The van der Waals surface area contributed by atoms with E-state index in [9.17, 15) is 4.79 Å². The molecule has 3 nitrogen and oxygen atoms in total. The topological polar surface area (TPSA) is 32.3 Å². The lowest BCUT2D eigenvalue weighted by Gasteiger charge is -2.21. The Balaban J connectivity index is 2.15. The number of hydrogen-bond acceptors (Lipinski definition) is 2. The molecule has 0 radical (unpaired) electrons. The second-order valence-corrected chi connectivity index (χ2v) is 4.93. The van der Waals surface area contributed by atoms with Crippen LogP contribution < -0.4 is 10.2 Å². The Hall–Kier alpha value is -1.06.